The molecule has 0 saturated carbocycles. The van der Waals surface area contributed by atoms with Crippen molar-refractivity contribution in [3.05, 3.63) is 59.9 Å². The van der Waals surface area contributed by atoms with Crippen molar-refractivity contribution < 1.29 is 64.2 Å². The van der Waals surface area contributed by atoms with Gasteiger partial charge in [0.15, 0.2) is 0 Å². The van der Waals surface area contributed by atoms with E-state index < -0.39 is 0 Å². The number of aromatic hydroxyl groups is 1. The summed E-state index contributed by atoms with van der Waals surface area (Å²) >= 11 is 0. The summed E-state index contributed by atoms with van der Waals surface area (Å²) in [6.45, 7) is 0. The molecule has 1 heterocycles. The van der Waals surface area contributed by atoms with Crippen LogP contribution in [0.4, 0.5) is 0 Å². The van der Waals surface area contributed by atoms with Gasteiger partial charge in [-0.3, -0.25) is 9.78 Å². The van der Waals surface area contributed by atoms with Crippen molar-refractivity contribution in [3.8, 4) is 5.75 Å². The molecular formula is C13H11Cl3FeN3O2. The van der Waals surface area contributed by atoms with Crippen LogP contribution in [0.3, 0.4) is 0 Å². The zero-order valence-electron chi connectivity index (χ0n) is 10.9. The summed E-state index contributed by atoms with van der Waals surface area (Å²) in [6.07, 6.45) is 4.44. The third kappa shape index (κ3) is 7.63. The van der Waals surface area contributed by atoms with E-state index in [4.69, 9.17) is 0 Å². The first-order valence-electron chi connectivity index (χ1n) is 5.29. The fraction of sp³-hybridized carbons (Fsp3) is 0. The summed E-state index contributed by atoms with van der Waals surface area (Å²) in [7, 11) is 0. The minimum Gasteiger partial charge on any atom is -1.00 e. The van der Waals surface area contributed by atoms with Gasteiger partial charge in [0.25, 0.3) is 5.91 Å². The van der Waals surface area contributed by atoms with E-state index in [1.807, 2.05) is 0 Å². The first kappa shape index (κ1) is 25.6. The number of nitrogens with one attached hydrogen (secondary N) is 1. The van der Waals surface area contributed by atoms with Gasteiger partial charge in [-0.25, -0.2) is 5.43 Å². The van der Waals surface area contributed by atoms with Gasteiger partial charge in [-0.15, -0.1) is 0 Å². The Morgan fingerprint density at radius 3 is 2.27 bits per heavy atom. The van der Waals surface area contributed by atoms with Crippen LogP contribution in [-0.2, 0) is 17.1 Å². The number of para-hydroxylation sites is 1. The van der Waals surface area contributed by atoms with Crippen LogP contribution in [-0.4, -0.2) is 22.2 Å². The second-order valence-electron chi connectivity index (χ2n) is 3.49. The summed E-state index contributed by atoms with van der Waals surface area (Å²) in [6, 6.07) is 9.90. The first-order chi connectivity index (χ1) is 8.77. The van der Waals surface area contributed by atoms with Crippen LogP contribution in [0.25, 0.3) is 0 Å². The third-order valence-electron chi connectivity index (χ3n) is 2.25. The first-order valence-corrected chi connectivity index (χ1v) is 5.29. The molecule has 0 aliphatic heterocycles. The second kappa shape index (κ2) is 13.4. The molecule has 2 N–H and O–H groups in total. The maximum Gasteiger partial charge on any atom is 3.00 e. The maximum atomic E-state index is 11.6. The van der Waals surface area contributed by atoms with Crippen molar-refractivity contribution in [1.29, 1.82) is 0 Å². The van der Waals surface area contributed by atoms with E-state index in [-0.39, 0.29) is 65.9 Å². The van der Waals surface area contributed by atoms with E-state index in [1.54, 1.807) is 36.4 Å². The number of phenolic OH excluding ortho intramolecular Hbond substituents is 1. The Balaban J connectivity index is -0.000000902. The number of amides is 1. The van der Waals surface area contributed by atoms with Crippen molar-refractivity contribution in [2.45, 2.75) is 0 Å². The van der Waals surface area contributed by atoms with Crippen LogP contribution in [0, 0.1) is 0 Å². The van der Waals surface area contributed by atoms with Crippen LogP contribution in [0.1, 0.15) is 15.9 Å². The molecule has 0 unspecified atom stereocenters. The maximum absolute atomic E-state index is 11.6. The number of benzene rings is 1. The second-order valence-corrected chi connectivity index (χ2v) is 3.49. The number of hydrogen-bond donors (Lipinski definition) is 2. The molecule has 2 rings (SSSR count). The Kier molecular flexibility index (Phi) is 15.6. The molecule has 2 aromatic rings. The number of hydrazone groups is 1. The SMILES string of the molecule is O=C(N/N=C/c1ccccc1O)c1ccncc1.[Cl-].[Cl-].[Cl-].[Fe+3]. The van der Waals surface area contributed by atoms with Gasteiger partial charge in [-0.05, 0) is 24.3 Å². The number of halogens is 3. The minimum atomic E-state index is -0.330. The number of aromatic nitrogens is 1. The van der Waals surface area contributed by atoms with Crippen molar-refractivity contribution >= 4 is 12.1 Å². The van der Waals surface area contributed by atoms with Crippen LogP contribution < -0.4 is 42.6 Å². The number of nitrogens with zero attached hydrogens (tertiary/aromatic N) is 2. The average molecular weight is 403 g/mol. The van der Waals surface area contributed by atoms with Crippen molar-refractivity contribution in [2.24, 2.45) is 5.10 Å². The Hall–Kier alpha value is -1.30. The smallest absolute Gasteiger partial charge is 1.00 e. The normalized spacial score (nSPS) is 8.55. The number of rotatable bonds is 3. The third-order valence-corrected chi connectivity index (χ3v) is 2.25. The molecule has 1 radical (unpaired) electrons. The Morgan fingerprint density at radius 2 is 1.68 bits per heavy atom. The number of pyridine rings is 1. The van der Waals surface area contributed by atoms with Crippen LogP contribution in [0.2, 0.25) is 0 Å². The Bertz CT molecular complexity index is 586. The molecule has 22 heavy (non-hydrogen) atoms. The van der Waals surface area contributed by atoms with Gasteiger partial charge in [0.1, 0.15) is 5.75 Å². The van der Waals surface area contributed by atoms with E-state index in [0.717, 1.165) is 0 Å². The van der Waals surface area contributed by atoms with Gasteiger partial charge in [0, 0.05) is 23.5 Å². The molecule has 9 heteroatoms. The van der Waals surface area contributed by atoms with E-state index in [9.17, 15) is 9.90 Å². The Labute approximate surface area is 157 Å². The molecule has 0 atom stereocenters. The van der Waals surface area contributed by atoms with Crippen LogP contribution >= 0.6 is 0 Å². The van der Waals surface area contributed by atoms with Crippen molar-refractivity contribution in [3.63, 3.8) is 0 Å². The van der Waals surface area contributed by atoms with Gasteiger partial charge < -0.3 is 42.3 Å². The summed E-state index contributed by atoms with van der Waals surface area (Å²) in [5.41, 5.74) is 3.37. The van der Waals surface area contributed by atoms with Crippen molar-refractivity contribution in [2.75, 3.05) is 0 Å². The monoisotopic (exact) mass is 402 g/mol. The molecule has 1 aromatic carbocycles. The van der Waals surface area contributed by atoms with Crippen molar-refractivity contribution in [1.82, 2.24) is 10.4 Å². The quantitative estimate of drug-likeness (QED) is 0.304. The number of carbonyl (C=O) groups excluding carboxylic acids is 1. The fourth-order valence-corrected chi connectivity index (χ4v) is 1.32. The van der Waals surface area contributed by atoms with Gasteiger partial charge in [0.2, 0.25) is 0 Å². The molecule has 0 spiro atoms. The van der Waals surface area contributed by atoms with Gasteiger partial charge in [-0.2, -0.15) is 5.10 Å². The fourth-order valence-electron chi connectivity index (χ4n) is 1.32. The molecule has 0 fully saturated rings. The van der Waals surface area contributed by atoms with Gasteiger partial charge in [0.05, 0.1) is 6.21 Å². The molecule has 0 bridgehead atoms. The standard InChI is InChI=1S/C13H11N3O2.3ClH.Fe/c17-12-4-2-1-3-11(12)9-15-16-13(18)10-5-7-14-8-6-10;;;;/h1-9,17H,(H,16,18);3*1H;/q;;;;+3/p-3/b15-9+;;;;. The number of hydrogen-bond acceptors (Lipinski definition) is 4. The summed E-state index contributed by atoms with van der Waals surface area (Å²) in [5.74, 6) is -0.219. The summed E-state index contributed by atoms with van der Waals surface area (Å²) < 4.78 is 0. The number of carbonyl (C=O) groups is 1. The predicted molar refractivity (Wildman–Crippen MR) is 67.4 cm³/mol. The molecule has 0 aliphatic rings. The Morgan fingerprint density at radius 1 is 1.09 bits per heavy atom. The van der Waals surface area contributed by atoms with E-state index in [0.29, 0.717) is 11.1 Å². The number of phenols is 1. The van der Waals surface area contributed by atoms with Gasteiger partial charge in [-0.1, -0.05) is 12.1 Å². The average Bonchev–Trinajstić information content (AvgIpc) is 2.42. The predicted octanol–water partition coefficient (Wildman–Crippen LogP) is -7.44. The molecule has 5 nitrogen and oxygen atoms in total. The topological polar surface area (TPSA) is 74.6 Å². The van der Waals surface area contributed by atoms with Crippen LogP contribution in [0.5, 0.6) is 5.75 Å². The zero-order valence-corrected chi connectivity index (χ0v) is 14.3. The molecule has 119 valence electrons. The summed E-state index contributed by atoms with van der Waals surface area (Å²) in [4.78, 5) is 15.4. The molecule has 1 aromatic heterocycles. The largest absolute Gasteiger partial charge is 3.00 e. The van der Waals surface area contributed by atoms with E-state index in [2.05, 4.69) is 15.5 Å². The molecule has 0 aliphatic carbocycles. The van der Waals surface area contributed by atoms with E-state index in [1.165, 1.54) is 18.6 Å². The van der Waals surface area contributed by atoms with Crippen LogP contribution in [0.15, 0.2) is 53.9 Å². The molecule has 1 amide bonds. The molecule has 0 saturated heterocycles. The van der Waals surface area contributed by atoms with E-state index >= 15 is 0 Å². The minimum absolute atomic E-state index is 0. The van der Waals surface area contributed by atoms with Gasteiger partial charge >= 0.3 is 17.1 Å². The molecular weight excluding hydrogens is 392 g/mol. The summed E-state index contributed by atoms with van der Waals surface area (Å²) in [5, 5.41) is 13.3. The zero-order chi connectivity index (χ0) is 12.8.